The quantitative estimate of drug-likeness (QED) is 0.922. The van der Waals surface area contributed by atoms with Crippen LogP contribution in [-0.2, 0) is 24.9 Å². The molecular weight excluding hydrogens is 324 g/mol. The van der Waals surface area contributed by atoms with Gasteiger partial charge >= 0.3 is 0 Å². The van der Waals surface area contributed by atoms with Crippen LogP contribution in [0.1, 0.15) is 68.4 Å². The molecule has 0 bridgehead atoms. The van der Waals surface area contributed by atoms with E-state index in [9.17, 15) is 0 Å². The number of H-pyrrole nitrogens is 1. The van der Waals surface area contributed by atoms with Crippen LogP contribution in [0.5, 0.6) is 0 Å². The third-order valence-electron chi connectivity index (χ3n) is 5.26. The van der Waals surface area contributed by atoms with Crippen LogP contribution in [0.15, 0.2) is 17.4 Å². The topological polar surface area (TPSA) is 70.1 Å². The van der Waals surface area contributed by atoms with Crippen LogP contribution in [-0.4, -0.2) is 43.9 Å². The van der Waals surface area contributed by atoms with E-state index in [0.29, 0.717) is 0 Å². The van der Waals surface area contributed by atoms with Crippen molar-refractivity contribution in [1.29, 1.82) is 0 Å². The molecule has 0 saturated carbocycles. The van der Waals surface area contributed by atoms with Crippen molar-refractivity contribution in [3.05, 3.63) is 40.7 Å². The minimum atomic E-state index is 0.0816. The summed E-state index contributed by atoms with van der Waals surface area (Å²) in [6.45, 7) is 10.4. The van der Waals surface area contributed by atoms with E-state index >= 15 is 0 Å². The van der Waals surface area contributed by atoms with Crippen LogP contribution >= 0.6 is 0 Å². The summed E-state index contributed by atoms with van der Waals surface area (Å²) >= 11 is 0. The van der Waals surface area contributed by atoms with Gasteiger partial charge in [-0.3, -0.25) is 15.0 Å². The molecule has 4 heterocycles. The second kappa shape index (κ2) is 6.91. The molecule has 0 aromatic carbocycles. The van der Waals surface area contributed by atoms with Crippen molar-refractivity contribution in [2.75, 3.05) is 13.1 Å². The molecule has 2 aliphatic heterocycles. The molecule has 0 amide bonds. The number of rotatable bonds is 3. The number of hydrogen-bond donors (Lipinski definition) is 1. The third-order valence-corrected chi connectivity index (χ3v) is 5.26. The van der Waals surface area contributed by atoms with Gasteiger partial charge in [-0.2, -0.15) is 5.10 Å². The normalized spacial score (nSPS) is 18.5. The van der Waals surface area contributed by atoms with E-state index in [-0.39, 0.29) is 5.41 Å². The Bertz CT molecular complexity index is 814. The SMILES string of the molecule is CC(C)(C)c1[nH]ncc1CN1CCc2nc(C3=NCCCC3)ncc2C1. The van der Waals surface area contributed by atoms with Crippen LogP contribution in [0.2, 0.25) is 0 Å². The largest absolute Gasteiger partial charge is 0.294 e. The van der Waals surface area contributed by atoms with Crippen LogP contribution in [0, 0.1) is 0 Å². The smallest absolute Gasteiger partial charge is 0.173 e. The van der Waals surface area contributed by atoms with Gasteiger partial charge in [-0.05, 0) is 19.3 Å². The molecule has 26 heavy (non-hydrogen) atoms. The van der Waals surface area contributed by atoms with Crippen molar-refractivity contribution in [3.8, 4) is 0 Å². The molecule has 2 aromatic rings. The molecular formula is C20H28N6. The van der Waals surface area contributed by atoms with Crippen LogP contribution in [0.4, 0.5) is 0 Å². The highest BCUT2D eigenvalue weighted by Crippen LogP contribution is 2.26. The van der Waals surface area contributed by atoms with Gasteiger partial charge in [0.1, 0.15) is 0 Å². The summed E-state index contributed by atoms with van der Waals surface area (Å²) in [4.78, 5) is 16.5. The van der Waals surface area contributed by atoms with Gasteiger partial charge in [-0.1, -0.05) is 20.8 Å². The Balaban J connectivity index is 1.49. The number of nitrogens with zero attached hydrogens (tertiary/aromatic N) is 5. The van der Waals surface area contributed by atoms with Gasteiger partial charge in [-0.25, -0.2) is 9.97 Å². The Kier molecular flexibility index (Phi) is 4.61. The highest BCUT2D eigenvalue weighted by molar-refractivity contribution is 5.97. The van der Waals surface area contributed by atoms with E-state index in [1.165, 1.54) is 35.4 Å². The molecule has 0 aliphatic carbocycles. The highest BCUT2D eigenvalue weighted by atomic mass is 15.2. The van der Waals surface area contributed by atoms with E-state index < -0.39 is 0 Å². The summed E-state index contributed by atoms with van der Waals surface area (Å²) in [5, 5.41) is 7.46. The predicted molar refractivity (Wildman–Crippen MR) is 102 cm³/mol. The average molecular weight is 352 g/mol. The molecule has 0 fully saturated rings. The van der Waals surface area contributed by atoms with E-state index in [0.717, 1.165) is 50.6 Å². The molecule has 0 unspecified atom stereocenters. The van der Waals surface area contributed by atoms with Crippen molar-refractivity contribution in [2.24, 2.45) is 4.99 Å². The van der Waals surface area contributed by atoms with Gasteiger partial charge in [-0.15, -0.1) is 0 Å². The second-order valence-electron chi connectivity index (χ2n) is 8.43. The lowest BCUT2D eigenvalue weighted by Crippen LogP contribution is -2.32. The molecule has 0 radical (unpaired) electrons. The maximum Gasteiger partial charge on any atom is 0.173 e. The Morgan fingerprint density at radius 3 is 2.81 bits per heavy atom. The van der Waals surface area contributed by atoms with Crippen molar-refractivity contribution in [1.82, 2.24) is 25.1 Å². The number of hydrogen-bond acceptors (Lipinski definition) is 5. The van der Waals surface area contributed by atoms with Crippen molar-refractivity contribution in [3.63, 3.8) is 0 Å². The molecule has 2 aromatic heterocycles. The molecule has 1 N–H and O–H groups in total. The minimum Gasteiger partial charge on any atom is -0.294 e. The first-order chi connectivity index (χ1) is 12.5. The van der Waals surface area contributed by atoms with Crippen molar-refractivity contribution < 1.29 is 0 Å². The average Bonchev–Trinajstić information content (AvgIpc) is 3.10. The maximum absolute atomic E-state index is 4.84. The third kappa shape index (κ3) is 3.56. The number of aromatic amines is 1. The first kappa shape index (κ1) is 17.3. The monoisotopic (exact) mass is 352 g/mol. The first-order valence-corrected chi connectivity index (χ1v) is 9.64. The van der Waals surface area contributed by atoms with Gasteiger partial charge in [0, 0.05) is 61.0 Å². The fourth-order valence-corrected chi connectivity index (χ4v) is 3.85. The summed E-state index contributed by atoms with van der Waals surface area (Å²) in [5.74, 6) is 0.849. The van der Waals surface area contributed by atoms with E-state index in [1.807, 2.05) is 12.4 Å². The molecule has 0 saturated heterocycles. The minimum absolute atomic E-state index is 0.0816. The Labute approximate surface area is 155 Å². The van der Waals surface area contributed by atoms with E-state index in [4.69, 9.17) is 4.98 Å². The molecule has 4 rings (SSSR count). The lowest BCUT2D eigenvalue weighted by atomic mass is 9.89. The standard InChI is InChI=1S/C20H28N6/c1-20(2,3)18-15(11-23-25-18)13-26-9-7-16-14(12-26)10-22-19(24-16)17-6-4-5-8-21-17/h10-11H,4-9,12-13H2,1-3H3,(H,23,25). The van der Waals surface area contributed by atoms with Gasteiger partial charge in [0.25, 0.3) is 0 Å². The molecule has 138 valence electrons. The predicted octanol–water partition coefficient (Wildman–Crippen LogP) is 3.03. The lowest BCUT2D eigenvalue weighted by Gasteiger charge is -2.29. The summed E-state index contributed by atoms with van der Waals surface area (Å²) in [6.07, 6.45) is 8.36. The zero-order valence-corrected chi connectivity index (χ0v) is 16.0. The summed E-state index contributed by atoms with van der Waals surface area (Å²) in [6, 6.07) is 0. The Morgan fingerprint density at radius 1 is 1.15 bits per heavy atom. The maximum atomic E-state index is 4.84. The number of fused-ring (bicyclic) bond motifs is 1. The van der Waals surface area contributed by atoms with Crippen molar-refractivity contribution >= 4 is 5.71 Å². The molecule has 6 nitrogen and oxygen atoms in total. The second-order valence-corrected chi connectivity index (χ2v) is 8.43. The van der Waals surface area contributed by atoms with Crippen LogP contribution in [0.25, 0.3) is 0 Å². The highest BCUT2D eigenvalue weighted by Gasteiger charge is 2.24. The summed E-state index contributed by atoms with van der Waals surface area (Å²) < 4.78 is 0. The fraction of sp³-hybridized carbons (Fsp3) is 0.600. The number of nitrogens with one attached hydrogen (secondary N) is 1. The van der Waals surface area contributed by atoms with Crippen LogP contribution < -0.4 is 0 Å². The van der Waals surface area contributed by atoms with Gasteiger partial charge < -0.3 is 0 Å². The first-order valence-electron chi connectivity index (χ1n) is 9.64. The van der Waals surface area contributed by atoms with Crippen LogP contribution in [0.3, 0.4) is 0 Å². The lowest BCUT2D eigenvalue weighted by molar-refractivity contribution is 0.241. The zero-order chi connectivity index (χ0) is 18.1. The van der Waals surface area contributed by atoms with Crippen molar-refractivity contribution in [2.45, 2.75) is 65.0 Å². The summed E-state index contributed by atoms with van der Waals surface area (Å²) in [7, 11) is 0. The number of aromatic nitrogens is 4. The van der Waals surface area contributed by atoms with Gasteiger partial charge in [0.2, 0.25) is 0 Å². The number of aliphatic imine (C=N–C) groups is 1. The molecule has 0 spiro atoms. The van der Waals surface area contributed by atoms with E-state index in [2.05, 4.69) is 45.8 Å². The van der Waals surface area contributed by atoms with E-state index in [1.54, 1.807) is 0 Å². The Hall–Kier alpha value is -2.08. The molecule has 0 atom stereocenters. The van der Waals surface area contributed by atoms with Gasteiger partial charge in [0.05, 0.1) is 17.6 Å². The summed E-state index contributed by atoms with van der Waals surface area (Å²) in [5.41, 5.74) is 6.13. The molecule has 6 heteroatoms. The Morgan fingerprint density at radius 2 is 2.04 bits per heavy atom. The zero-order valence-electron chi connectivity index (χ0n) is 16.0. The van der Waals surface area contributed by atoms with Gasteiger partial charge in [0.15, 0.2) is 5.82 Å². The fourth-order valence-electron chi connectivity index (χ4n) is 3.85. The molecule has 2 aliphatic rings.